The van der Waals surface area contributed by atoms with E-state index in [1.807, 2.05) is 0 Å². The van der Waals surface area contributed by atoms with Crippen LogP contribution in [-0.4, -0.2) is 38.9 Å². The Morgan fingerprint density at radius 1 is 1.30 bits per heavy atom. The molecule has 0 radical (unpaired) electrons. The van der Waals surface area contributed by atoms with E-state index in [-0.39, 0.29) is 0 Å². The van der Waals surface area contributed by atoms with E-state index in [0.29, 0.717) is 0 Å². The van der Waals surface area contributed by atoms with Gasteiger partial charge in [-0.2, -0.15) is 0 Å². The highest BCUT2D eigenvalue weighted by molar-refractivity contribution is 5.01. The van der Waals surface area contributed by atoms with Crippen LogP contribution in [0.15, 0.2) is 12.0 Å². The highest BCUT2D eigenvalue weighted by atomic mass is 16.6. The van der Waals surface area contributed by atoms with Gasteiger partial charge in [-0.1, -0.05) is 0 Å². The van der Waals surface area contributed by atoms with Crippen LogP contribution in [0.1, 0.15) is 0 Å². The fourth-order valence-electron chi connectivity index (χ4n) is 0.621. The Morgan fingerprint density at radius 3 is 2.40 bits per heavy atom. The largest absolute Gasteiger partial charge is 0.506 e. The second-order valence-corrected chi connectivity index (χ2v) is 2.00. The van der Waals surface area contributed by atoms with Crippen LogP contribution in [0.3, 0.4) is 0 Å². The van der Waals surface area contributed by atoms with E-state index < -0.39 is 24.3 Å². The Balaban J connectivity index is 2.71. The molecule has 5 nitrogen and oxygen atoms in total. The van der Waals surface area contributed by atoms with E-state index in [9.17, 15) is 0 Å². The Labute approximate surface area is 56.8 Å². The van der Waals surface area contributed by atoms with Gasteiger partial charge in [-0.15, -0.1) is 0 Å². The third kappa shape index (κ3) is 1.06. The van der Waals surface area contributed by atoms with Gasteiger partial charge in [0.15, 0.2) is 5.76 Å². The summed E-state index contributed by atoms with van der Waals surface area (Å²) in [6.45, 7) is 0. The molecule has 0 bridgehead atoms. The Kier molecular flexibility index (Phi) is 1.80. The van der Waals surface area contributed by atoms with Gasteiger partial charge in [-0.3, -0.25) is 0 Å². The van der Waals surface area contributed by atoms with Crippen LogP contribution in [0.25, 0.3) is 0 Å². The zero-order valence-electron chi connectivity index (χ0n) is 5.01. The van der Waals surface area contributed by atoms with Crippen molar-refractivity contribution in [2.75, 3.05) is 0 Å². The molecule has 0 amide bonds. The molecule has 5 heteroatoms. The van der Waals surface area contributed by atoms with E-state index >= 15 is 0 Å². The normalized spacial score (nSPS) is 40.3. The average molecular weight is 148 g/mol. The van der Waals surface area contributed by atoms with Gasteiger partial charge in [-0.05, 0) is 0 Å². The summed E-state index contributed by atoms with van der Waals surface area (Å²) in [5, 5.41) is 35.0. The third-order valence-corrected chi connectivity index (χ3v) is 1.25. The van der Waals surface area contributed by atoms with Crippen LogP contribution in [0, 0.1) is 0 Å². The molecule has 1 aliphatic heterocycles. The van der Waals surface area contributed by atoms with Crippen molar-refractivity contribution in [2.24, 2.45) is 0 Å². The first kappa shape index (κ1) is 7.33. The summed E-state index contributed by atoms with van der Waals surface area (Å²) in [6, 6.07) is 0. The number of aliphatic hydroxyl groups is 4. The SMILES string of the molecule is OC1=COC(O)C(O)C1O. The second-order valence-electron chi connectivity index (χ2n) is 2.00. The first-order valence-electron chi connectivity index (χ1n) is 2.71. The summed E-state index contributed by atoms with van der Waals surface area (Å²) in [5.74, 6) is -0.488. The van der Waals surface area contributed by atoms with Gasteiger partial charge in [0.25, 0.3) is 0 Å². The Morgan fingerprint density at radius 2 is 1.90 bits per heavy atom. The molecule has 0 spiro atoms. The lowest BCUT2D eigenvalue weighted by Gasteiger charge is -2.25. The molecule has 0 saturated carbocycles. The van der Waals surface area contributed by atoms with Gasteiger partial charge in [0, 0.05) is 0 Å². The van der Waals surface area contributed by atoms with E-state index in [0.717, 1.165) is 6.26 Å². The van der Waals surface area contributed by atoms with Crippen LogP contribution < -0.4 is 0 Å². The highest BCUT2D eigenvalue weighted by Gasteiger charge is 2.32. The van der Waals surface area contributed by atoms with Crippen molar-refractivity contribution >= 4 is 0 Å². The van der Waals surface area contributed by atoms with Crippen LogP contribution in [0.4, 0.5) is 0 Å². The van der Waals surface area contributed by atoms with Gasteiger partial charge in [-0.25, -0.2) is 0 Å². The van der Waals surface area contributed by atoms with Crippen LogP contribution in [-0.2, 0) is 4.74 Å². The molecule has 1 heterocycles. The standard InChI is InChI=1S/C5H8O5/c6-2-1-10-5(9)4(8)3(2)7/h1,3-9H. The van der Waals surface area contributed by atoms with Gasteiger partial charge in [0.2, 0.25) is 6.29 Å². The van der Waals surface area contributed by atoms with Gasteiger partial charge >= 0.3 is 0 Å². The summed E-state index contributed by atoms with van der Waals surface area (Å²) in [5.41, 5.74) is 0. The number of aliphatic hydroxyl groups excluding tert-OH is 4. The van der Waals surface area contributed by atoms with Crippen molar-refractivity contribution in [1.29, 1.82) is 0 Å². The summed E-state index contributed by atoms with van der Waals surface area (Å²) in [7, 11) is 0. The minimum absolute atomic E-state index is 0.488. The van der Waals surface area contributed by atoms with Gasteiger partial charge < -0.3 is 25.2 Å². The zero-order valence-corrected chi connectivity index (χ0v) is 5.01. The molecule has 4 N–H and O–H groups in total. The number of hydrogen-bond donors (Lipinski definition) is 4. The smallest absolute Gasteiger partial charge is 0.226 e. The molecule has 58 valence electrons. The van der Waals surface area contributed by atoms with Gasteiger partial charge in [0.05, 0.1) is 0 Å². The van der Waals surface area contributed by atoms with Gasteiger partial charge in [0.1, 0.15) is 18.5 Å². The van der Waals surface area contributed by atoms with E-state index in [1.165, 1.54) is 0 Å². The third-order valence-electron chi connectivity index (χ3n) is 1.25. The number of hydrogen-bond acceptors (Lipinski definition) is 5. The van der Waals surface area contributed by atoms with Crippen molar-refractivity contribution in [1.82, 2.24) is 0 Å². The van der Waals surface area contributed by atoms with Crippen molar-refractivity contribution in [2.45, 2.75) is 18.5 Å². The fraction of sp³-hybridized carbons (Fsp3) is 0.600. The Hall–Kier alpha value is -0.780. The summed E-state index contributed by atoms with van der Waals surface area (Å²) < 4.78 is 4.31. The van der Waals surface area contributed by atoms with Crippen molar-refractivity contribution in [3.63, 3.8) is 0 Å². The van der Waals surface area contributed by atoms with Crippen molar-refractivity contribution < 1.29 is 25.2 Å². The molecule has 1 rings (SSSR count). The molecule has 3 unspecified atom stereocenters. The van der Waals surface area contributed by atoms with Crippen molar-refractivity contribution in [3.8, 4) is 0 Å². The van der Waals surface area contributed by atoms with Crippen LogP contribution in [0.2, 0.25) is 0 Å². The summed E-state index contributed by atoms with van der Waals surface area (Å²) in [4.78, 5) is 0. The molecular formula is C5H8O5. The molecule has 0 fully saturated rings. The maximum atomic E-state index is 8.81. The van der Waals surface area contributed by atoms with E-state index in [4.69, 9.17) is 20.4 Å². The van der Waals surface area contributed by atoms with E-state index in [2.05, 4.69) is 4.74 Å². The lowest BCUT2D eigenvalue weighted by Crippen LogP contribution is -2.42. The molecule has 0 aromatic carbocycles. The molecule has 0 aliphatic carbocycles. The molecule has 0 aromatic rings. The minimum atomic E-state index is -1.48. The lowest BCUT2D eigenvalue weighted by atomic mass is 10.1. The topological polar surface area (TPSA) is 90.2 Å². The first-order chi connectivity index (χ1) is 4.63. The summed E-state index contributed by atoms with van der Waals surface area (Å²) in [6.07, 6.45) is -3.61. The number of rotatable bonds is 0. The van der Waals surface area contributed by atoms with Crippen LogP contribution in [0.5, 0.6) is 0 Å². The maximum absolute atomic E-state index is 8.81. The number of ether oxygens (including phenoxy) is 1. The molecule has 0 saturated heterocycles. The molecule has 0 aromatic heterocycles. The molecule has 1 aliphatic rings. The second kappa shape index (κ2) is 2.45. The van der Waals surface area contributed by atoms with Crippen LogP contribution >= 0.6 is 0 Å². The molecule has 10 heavy (non-hydrogen) atoms. The zero-order chi connectivity index (χ0) is 7.72. The first-order valence-corrected chi connectivity index (χ1v) is 2.71. The fourth-order valence-corrected chi connectivity index (χ4v) is 0.621. The predicted molar refractivity (Wildman–Crippen MR) is 29.8 cm³/mol. The quantitative estimate of drug-likeness (QED) is 0.334. The van der Waals surface area contributed by atoms with Crippen molar-refractivity contribution in [3.05, 3.63) is 12.0 Å². The monoisotopic (exact) mass is 148 g/mol. The molecule has 3 atom stereocenters. The molecular weight excluding hydrogens is 140 g/mol. The predicted octanol–water partition coefficient (Wildman–Crippen LogP) is -1.54. The average Bonchev–Trinajstić information content (AvgIpc) is 1.93. The summed E-state index contributed by atoms with van der Waals surface area (Å²) >= 11 is 0. The Bertz CT molecular complexity index is 154. The minimum Gasteiger partial charge on any atom is -0.506 e. The highest BCUT2D eigenvalue weighted by Crippen LogP contribution is 2.14. The maximum Gasteiger partial charge on any atom is 0.226 e. The lowest BCUT2D eigenvalue weighted by molar-refractivity contribution is -0.177. The van der Waals surface area contributed by atoms with E-state index in [1.54, 1.807) is 0 Å².